The van der Waals surface area contributed by atoms with Crippen molar-refractivity contribution >= 4 is 17.5 Å². The summed E-state index contributed by atoms with van der Waals surface area (Å²) in [5.41, 5.74) is 7.45. The van der Waals surface area contributed by atoms with Gasteiger partial charge in [0, 0.05) is 18.5 Å². The van der Waals surface area contributed by atoms with Crippen LogP contribution in [0.1, 0.15) is 56.3 Å². The van der Waals surface area contributed by atoms with E-state index >= 15 is 0 Å². The fraction of sp³-hybridized carbons (Fsp3) is 0.619. The van der Waals surface area contributed by atoms with Crippen molar-refractivity contribution in [2.24, 2.45) is 29.4 Å². The van der Waals surface area contributed by atoms with Gasteiger partial charge in [-0.2, -0.15) is 0 Å². The summed E-state index contributed by atoms with van der Waals surface area (Å²) < 4.78 is 0. The van der Waals surface area contributed by atoms with Crippen molar-refractivity contribution in [2.75, 3.05) is 11.9 Å². The Balaban J connectivity index is 1.67. The van der Waals surface area contributed by atoms with Gasteiger partial charge in [0.1, 0.15) is 0 Å². The quantitative estimate of drug-likeness (QED) is 0.757. The van der Waals surface area contributed by atoms with Gasteiger partial charge in [-0.15, -0.1) is 0 Å². The van der Waals surface area contributed by atoms with Gasteiger partial charge in [-0.25, -0.2) is 0 Å². The highest BCUT2D eigenvalue weighted by Crippen LogP contribution is 2.42. The molecular weight excluding hydrogens is 326 g/mol. The molecule has 0 heterocycles. The van der Waals surface area contributed by atoms with E-state index in [1.807, 2.05) is 12.1 Å². The third-order valence-electron chi connectivity index (χ3n) is 5.88. The SMILES string of the molecule is CC(C)CNC(=O)c1ccccc1NC(=O)C1CC2CCCC(C1)C2N. The minimum Gasteiger partial charge on any atom is -0.352 e. The average molecular weight is 357 g/mol. The molecule has 0 aromatic heterocycles. The highest BCUT2D eigenvalue weighted by atomic mass is 16.2. The molecule has 2 saturated carbocycles. The molecule has 2 fully saturated rings. The Kier molecular flexibility index (Phi) is 5.97. The number of carbonyl (C=O) groups excluding carboxylic acids is 2. The van der Waals surface area contributed by atoms with E-state index in [9.17, 15) is 9.59 Å². The fourth-order valence-electron chi connectivity index (χ4n) is 4.42. The van der Waals surface area contributed by atoms with Crippen molar-refractivity contribution in [1.29, 1.82) is 0 Å². The van der Waals surface area contributed by atoms with Gasteiger partial charge in [-0.1, -0.05) is 32.4 Å². The minimum atomic E-state index is -0.142. The van der Waals surface area contributed by atoms with Gasteiger partial charge in [0.15, 0.2) is 0 Å². The van der Waals surface area contributed by atoms with Crippen LogP contribution in [-0.4, -0.2) is 24.4 Å². The van der Waals surface area contributed by atoms with Crippen LogP contribution < -0.4 is 16.4 Å². The normalized spacial score (nSPS) is 27.8. The zero-order chi connectivity index (χ0) is 18.7. The molecule has 2 aliphatic rings. The Morgan fingerprint density at radius 1 is 1.15 bits per heavy atom. The zero-order valence-corrected chi connectivity index (χ0v) is 15.8. The Morgan fingerprint density at radius 3 is 2.46 bits per heavy atom. The molecule has 2 aliphatic carbocycles. The lowest BCUT2D eigenvalue weighted by molar-refractivity contribution is -0.122. The molecule has 5 heteroatoms. The van der Waals surface area contributed by atoms with Crippen LogP contribution >= 0.6 is 0 Å². The molecule has 26 heavy (non-hydrogen) atoms. The Hall–Kier alpha value is -1.88. The van der Waals surface area contributed by atoms with Crippen LogP contribution in [0, 0.1) is 23.7 Å². The first kappa shape index (κ1) is 18.9. The molecule has 2 atom stereocenters. The number of benzene rings is 1. The summed E-state index contributed by atoms with van der Waals surface area (Å²) in [5.74, 6) is 1.18. The molecule has 2 unspecified atom stereocenters. The average Bonchev–Trinajstić information content (AvgIpc) is 2.59. The number of nitrogens with one attached hydrogen (secondary N) is 2. The standard InChI is InChI=1S/C21H31N3O2/c1-13(2)12-23-21(26)17-8-3-4-9-18(17)24-20(25)16-10-14-6-5-7-15(11-16)19(14)22/h3-4,8-9,13-16,19H,5-7,10-12,22H2,1-2H3,(H,23,26)(H,24,25). The molecule has 0 aliphatic heterocycles. The van der Waals surface area contributed by atoms with Gasteiger partial charge in [0.05, 0.1) is 11.3 Å². The van der Waals surface area contributed by atoms with E-state index < -0.39 is 0 Å². The van der Waals surface area contributed by atoms with Crippen molar-refractivity contribution in [3.8, 4) is 0 Å². The Labute approximate surface area is 156 Å². The molecule has 142 valence electrons. The Bertz CT molecular complexity index is 644. The molecule has 0 saturated heterocycles. The van der Waals surface area contributed by atoms with Crippen molar-refractivity contribution in [2.45, 2.75) is 52.0 Å². The van der Waals surface area contributed by atoms with Crippen LogP contribution in [0.4, 0.5) is 5.69 Å². The highest BCUT2D eigenvalue weighted by Gasteiger charge is 2.40. The second kappa shape index (κ2) is 8.21. The Morgan fingerprint density at radius 2 is 1.81 bits per heavy atom. The van der Waals surface area contributed by atoms with E-state index in [1.165, 1.54) is 6.42 Å². The predicted octanol–water partition coefficient (Wildman–Crippen LogP) is 3.16. The van der Waals surface area contributed by atoms with E-state index in [0.29, 0.717) is 35.5 Å². The van der Waals surface area contributed by atoms with Crippen LogP contribution in [0.25, 0.3) is 0 Å². The maximum Gasteiger partial charge on any atom is 0.253 e. The lowest BCUT2D eigenvalue weighted by atomic mass is 9.65. The molecule has 0 radical (unpaired) electrons. The predicted molar refractivity (Wildman–Crippen MR) is 104 cm³/mol. The van der Waals surface area contributed by atoms with Crippen LogP contribution in [-0.2, 0) is 4.79 Å². The van der Waals surface area contributed by atoms with Crippen molar-refractivity contribution in [3.63, 3.8) is 0 Å². The molecule has 3 rings (SSSR count). The van der Waals surface area contributed by atoms with Crippen LogP contribution in [0.3, 0.4) is 0 Å². The summed E-state index contributed by atoms with van der Waals surface area (Å²) in [6.45, 7) is 4.72. The third kappa shape index (κ3) is 4.26. The number of hydrogen-bond donors (Lipinski definition) is 3. The van der Waals surface area contributed by atoms with Crippen LogP contribution in [0.5, 0.6) is 0 Å². The largest absolute Gasteiger partial charge is 0.352 e. The first-order valence-corrected chi connectivity index (χ1v) is 9.89. The van der Waals surface area contributed by atoms with Crippen molar-refractivity contribution < 1.29 is 9.59 Å². The van der Waals surface area contributed by atoms with Gasteiger partial charge in [-0.05, 0) is 55.6 Å². The summed E-state index contributed by atoms with van der Waals surface area (Å²) in [6.07, 6.45) is 5.23. The lowest BCUT2D eigenvalue weighted by Gasteiger charge is -2.43. The summed E-state index contributed by atoms with van der Waals surface area (Å²) in [6, 6.07) is 7.49. The van der Waals surface area contributed by atoms with Crippen LogP contribution in [0.2, 0.25) is 0 Å². The number of nitrogens with two attached hydrogens (primary N) is 1. The molecule has 1 aromatic carbocycles. The minimum absolute atomic E-state index is 0.00289. The maximum atomic E-state index is 12.9. The molecule has 2 amide bonds. The smallest absolute Gasteiger partial charge is 0.253 e. The summed E-state index contributed by atoms with van der Waals surface area (Å²) in [4.78, 5) is 25.3. The van der Waals surface area contributed by atoms with Crippen molar-refractivity contribution in [1.82, 2.24) is 5.32 Å². The number of amides is 2. The maximum absolute atomic E-state index is 12.9. The van der Waals surface area contributed by atoms with Gasteiger partial charge in [-0.3, -0.25) is 9.59 Å². The molecule has 4 N–H and O–H groups in total. The highest BCUT2D eigenvalue weighted by molar-refractivity contribution is 6.04. The lowest BCUT2D eigenvalue weighted by Crippen LogP contribution is -2.48. The van der Waals surface area contributed by atoms with E-state index in [1.54, 1.807) is 12.1 Å². The summed E-state index contributed by atoms with van der Waals surface area (Å²) in [5, 5.41) is 5.94. The van der Waals surface area contributed by atoms with Crippen LogP contribution in [0.15, 0.2) is 24.3 Å². The first-order chi connectivity index (χ1) is 12.5. The van der Waals surface area contributed by atoms with E-state index in [-0.39, 0.29) is 23.8 Å². The van der Waals surface area contributed by atoms with Gasteiger partial charge < -0.3 is 16.4 Å². The molecule has 5 nitrogen and oxygen atoms in total. The van der Waals surface area contributed by atoms with Crippen molar-refractivity contribution in [3.05, 3.63) is 29.8 Å². The van der Waals surface area contributed by atoms with Gasteiger partial charge in [0.25, 0.3) is 5.91 Å². The molecule has 0 spiro atoms. The van der Waals surface area contributed by atoms with Gasteiger partial charge >= 0.3 is 0 Å². The number of para-hydroxylation sites is 1. The number of hydrogen-bond acceptors (Lipinski definition) is 3. The topological polar surface area (TPSA) is 84.2 Å². The fourth-order valence-corrected chi connectivity index (χ4v) is 4.42. The number of fused-ring (bicyclic) bond motifs is 2. The monoisotopic (exact) mass is 357 g/mol. The third-order valence-corrected chi connectivity index (χ3v) is 5.88. The van der Waals surface area contributed by atoms with Gasteiger partial charge in [0.2, 0.25) is 5.91 Å². The molecular formula is C21H31N3O2. The zero-order valence-electron chi connectivity index (χ0n) is 15.8. The summed E-state index contributed by atoms with van der Waals surface area (Å²) >= 11 is 0. The van der Waals surface area contributed by atoms with E-state index in [2.05, 4.69) is 24.5 Å². The van der Waals surface area contributed by atoms with E-state index in [0.717, 1.165) is 25.7 Å². The molecule has 1 aromatic rings. The number of rotatable bonds is 5. The number of anilines is 1. The second-order valence-electron chi connectivity index (χ2n) is 8.34. The second-order valence-corrected chi connectivity index (χ2v) is 8.34. The first-order valence-electron chi connectivity index (χ1n) is 9.89. The number of carbonyl (C=O) groups is 2. The molecule has 2 bridgehead atoms. The van der Waals surface area contributed by atoms with E-state index in [4.69, 9.17) is 5.73 Å². The summed E-state index contributed by atoms with van der Waals surface area (Å²) in [7, 11) is 0.